The molecule has 2 aromatic heterocycles. The van der Waals surface area contributed by atoms with E-state index in [4.69, 9.17) is 0 Å². The Morgan fingerprint density at radius 3 is 2.73 bits per heavy atom. The number of anilines is 1. The van der Waals surface area contributed by atoms with E-state index in [1.807, 2.05) is 0 Å². The van der Waals surface area contributed by atoms with E-state index in [2.05, 4.69) is 46.2 Å². The van der Waals surface area contributed by atoms with Gasteiger partial charge in [0.1, 0.15) is 0 Å². The SMILES string of the molecule is CC(C)(C)c1cn2c(=O)[nH]nc2c(NCCN2CCCC2)n1. The van der Waals surface area contributed by atoms with Crippen molar-refractivity contribution in [3.05, 3.63) is 22.4 Å². The van der Waals surface area contributed by atoms with Crippen LogP contribution in [-0.4, -0.2) is 50.7 Å². The van der Waals surface area contributed by atoms with Crippen molar-refractivity contribution in [2.45, 2.75) is 39.0 Å². The van der Waals surface area contributed by atoms with Crippen LogP contribution in [0.1, 0.15) is 39.3 Å². The van der Waals surface area contributed by atoms with Gasteiger partial charge in [-0.05, 0) is 25.9 Å². The quantitative estimate of drug-likeness (QED) is 0.888. The fourth-order valence-electron chi connectivity index (χ4n) is 2.73. The summed E-state index contributed by atoms with van der Waals surface area (Å²) < 4.78 is 1.53. The van der Waals surface area contributed by atoms with Gasteiger partial charge in [-0.2, -0.15) is 0 Å². The van der Waals surface area contributed by atoms with E-state index < -0.39 is 0 Å². The number of H-pyrrole nitrogens is 1. The second kappa shape index (κ2) is 5.72. The fraction of sp³-hybridized carbons (Fsp3) is 0.667. The first kappa shape index (κ1) is 15.0. The molecule has 0 bridgehead atoms. The second-order valence-electron chi connectivity index (χ2n) is 6.92. The molecule has 0 spiro atoms. The Balaban J connectivity index is 1.84. The van der Waals surface area contributed by atoms with Crippen LogP contribution in [0.25, 0.3) is 5.65 Å². The van der Waals surface area contributed by atoms with E-state index >= 15 is 0 Å². The van der Waals surface area contributed by atoms with Crippen LogP contribution in [0.15, 0.2) is 11.0 Å². The third-order valence-corrected chi connectivity index (χ3v) is 4.09. The molecule has 22 heavy (non-hydrogen) atoms. The Kier molecular flexibility index (Phi) is 3.90. The number of hydrogen-bond donors (Lipinski definition) is 2. The minimum absolute atomic E-state index is 0.129. The highest BCUT2D eigenvalue weighted by molar-refractivity contribution is 5.62. The van der Waals surface area contributed by atoms with E-state index in [-0.39, 0.29) is 11.1 Å². The molecule has 7 nitrogen and oxygen atoms in total. The molecule has 1 aliphatic heterocycles. The lowest BCUT2D eigenvalue weighted by Crippen LogP contribution is -2.27. The van der Waals surface area contributed by atoms with Crippen LogP contribution in [-0.2, 0) is 5.41 Å². The van der Waals surface area contributed by atoms with Crippen LogP contribution < -0.4 is 11.0 Å². The van der Waals surface area contributed by atoms with E-state index in [9.17, 15) is 4.79 Å². The number of fused-ring (bicyclic) bond motifs is 1. The van der Waals surface area contributed by atoms with Gasteiger partial charge in [0.2, 0.25) is 5.65 Å². The van der Waals surface area contributed by atoms with Crippen LogP contribution in [0.5, 0.6) is 0 Å². The summed E-state index contributed by atoms with van der Waals surface area (Å²) in [5.41, 5.74) is 1.06. The van der Waals surface area contributed by atoms with Crippen molar-refractivity contribution < 1.29 is 0 Å². The largest absolute Gasteiger partial charge is 0.366 e. The van der Waals surface area contributed by atoms with Crippen molar-refractivity contribution in [2.24, 2.45) is 0 Å². The number of aromatic nitrogens is 4. The van der Waals surface area contributed by atoms with Crippen molar-refractivity contribution in [1.29, 1.82) is 0 Å². The average molecular weight is 304 g/mol. The lowest BCUT2D eigenvalue weighted by molar-refractivity contribution is 0.352. The minimum atomic E-state index is -0.231. The summed E-state index contributed by atoms with van der Waals surface area (Å²) in [6, 6.07) is 0. The maximum atomic E-state index is 11.9. The van der Waals surface area contributed by atoms with Crippen LogP contribution in [0.3, 0.4) is 0 Å². The number of aromatic amines is 1. The molecule has 1 aliphatic rings. The zero-order valence-electron chi connectivity index (χ0n) is 13.5. The lowest BCUT2D eigenvalue weighted by Gasteiger charge is -2.20. The van der Waals surface area contributed by atoms with Gasteiger partial charge < -0.3 is 10.2 Å². The molecule has 3 heterocycles. The molecule has 3 rings (SSSR count). The topological polar surface area (TPSA) is 78.3 Å². The van der Waals surface area contributed by atoms with Crippen LogP contribution in [0.4, 0.5) is 5.82 Å². The molecule has 0 saturated carbocycles. The monoisotopic (exact) mass is 304 g/mol. The summed E-state index contributed by atoms with van der Waals surface area (Å²) in [6.07, 6.45) is 4.35. The summed E-state index contributed by atoms with van der Waals surface area (Å²) in [4.78, 5) is 19.0. The summed E-state index contributed by atoms with van der Waals surface area (Å²) in [5.74, 6) is 0.671. The molecule has 1 fully saturated rings. The summed E-state index contributed by atoms with van der Waals surface area (Å²) in [5, 5.41) is 9.92. The molecule has 0 aliphatic carbocycles. The molecule has 7 heteroatoms. The highest BCUT2D eigenvalue weighted by atomic mass is 16.1. The van der Waals surface area contributed by atoms with Gasteiger partial charge in [0.25, 0.3) is 0 Å². The molecular weight excluding hydrogens is 280 g/mol. The van der Waals surface area contributed by atoms with Gasteiger partial charge in [0.05, 0.1) is 5.69 Å². The van der Waals surface area contributed by atoms with Crippen molar-refractivity contribution >= 4 is 11.5 Å². The molecule has 0 unspecified atom stereocenters. The maximum Gasteiger partial charge on any atom is 0.347 e. The lowest BCUT2D eigenvalue weighted by atomic mass is 9.93. The second-order valence-corrected chi connectivity index (χ2v) is 6.92. The first-order valence-electron chi connectivity index (χ1n) is 7.89. The summed E-state index contributed by atoms with van der Waals surface area (Å²) in [7, 11) is 0. The van der Waals surface area contributed by atoms with E-state index in [1.54, 1.807) is 6.20 Å². The highest BCUT2D eigenvalue weighted by Gasteiger charge is 2.20. The number of likely N-dealkylation sites (tertiary alicyclic amines) is 1. The van der Waals surface area contributed by atoms with Gasteiger partial charge in [0, 0.05) is 24.7 Å². The van der Waals surface area contributed by atoms with Crippen LogP contribution in [0, 0.1) is 0 Å². The van der Waals surface area contributed by atoms with Gasteiger partial charge in [-0.3, -0.25) is 0 Å². The maximum absolute atomic E-state index is 11.9. The van der Waals surface area contributed by atoms with Gasteiger partial charge in [-0.15, -0.1) is 5.10 Å². The smallest absolute Gasteiger partial charge is 0.347 e. The molecular formula is C15H24N6O. The zero-order valence-corrected chi connectivity index (χ0v) is 13.5. The Morgan fingerprint density at radius 1 is 1.32 bits per heavy atom. The third kappa shape index (κ3) is 2.99. The molecule has 2 N–H and O–H groups in total. The number of rotatable bonds is 4. The van der Waals surface area contributed by atoms with Crippen molar-refractivity contribution in [3.63, 3.8) is 0 Å². The molecule has 0 aromatic carbocycles. The Labute approximate surface area is 129 Å². The van der Waals surface area contributed by atoms with Crippen molar-refractivity contribution in [2.75, 3.05) is 31.5 Å². The molecule has 120 valence electrons. The zero-order chi connectivity index (χ0) is 15.7. The normalized spacial score (nSPS) is 16.5. The van der Waals surface area contributed by atoms with Crippen LogP contribution in [0.2, 0.25) is 0 Å². The molecule has 0 atom stereocenters. The average Bonchev–Trinajstić information content (AvgIpc) is 3.08. The number of nitrogens with one attached hydrogen (secondary N) is 2. The Morgan fingerprint density at radius 2 is 2.05 bits per heavy atom. The van der Waals surface area contributed by atoms with Gasteiger partial charge in [0.15, 0.2) is 5.82 Å². The van der Waals surface area contributed by atoms with Crippen molar-refractivity contribution in [1.82, 2.24) is 24.5 Å². The molecule has 0 amide bonds. The van der Waals surface area contributed by atoms with Gasteiger partial charge in [-0.1, -0.05) is 20.8 Å². The van der Waals surface area contributed by atoms with Crippen molar-refractivity contribution in [3.8, 4) is 0 Å². The predicted molar refractivity (Wildman–Crippen MR) is 86.5 cm³/mol. The summed E-state index contributed by atoms with van der Waals surface area (Å²) >= 11 is 0. The number of hydrogen-bond acceptors (Lipinski definition) is 5. The number of nitrogens with zero attached hydrogens (tertiary/aromatic N) is 4. The minimum Gasteiger partial charge on any atom is -0.366 e. The third-order valence-electron chi connectivity index (χ3n) is 4.09. The Hall–Kier alpha value is -1.89. The molecule has 0 radical (unpaired) electrons. The highest BCUT2D eigenvalue weighted by Crippen LogP contribution is 2.22. The standard InChI is InChI=1S/C15H24N6O/c1-15(2,3)11-10-21-13(18-19-14(21)22)12(17-11)16-6-9-20-7-4-5-8-20/h10H,4-9H2,1-3H3,(H,16,17)(H,19,22). The first-order chi connectivity index (χ1) is 10.4. The van der Waals surface area contributed by atoms with E-state index in [1.165, 1.54) is 30.3 Å². The fourth-order valence-corrected chi connectivity index (χ4v) is 2.73. The Bertz CT molecular complexity index is 705. The van der Waals surface area contributed by atoms with E-state index in [0.29, 0.717) is 11.5 Å². The van der Waals surface area contributed by atoms with E-state index in [0.717, 1.165) is 18.8 Å². The van der Waals surface area contributed by atoms with Gasteiger partial charge >= 0.3 is 5.69 Å². The summed E-state index contributed by atoms with van der Waals surface area (Å²) in [6.45, 7) is 10.4. The molecule has 1 saturated heterocycles. The predicted octanol–water partition coefficient (Wildman–Crippen LogP) is 1.22. The van der Waals surface area contributed by atoms with Crippen LogP contribution >= 0.6 is 0 Å². The first-order valence-corrected chi connectivity index (χ1v) is 7.89. The van der Waals surface area contributed by atoms with Gasteiger partial charge in [-0.25, -0.2) is 19.3 Å². The molecule has 2 aromatic rings.